The minimum Gasteiger partial charge on any atom is -0.378 e. The fourth-order valence-electron chi connectivity index (χ4n) is 2.45. The van der Waals surface area contributed by atoms with Crippen molar-refractivity contribution in [2.24, 2.45) is 5.73 Å². The van der Waals surface area contributed by atoms with E-state index in [0.29, 0.717) is 39.5 Å². The molecular weight excluding hydrogens is 310 g/mol. The van der Waals surface area contributed by atoms with Crippen molar-refractivity contribution in [3.63, 3.8) is 0 Å². The van der Waals surface area contributed by atoms with Gasteiger partial charge in [0.2, 0.25) is 11.8 Å². The van der Waals surface area contributed by atoms with Gasteiger partial charge in [0.1, 0.15) is 6.04 Å². The van der Waals surface area contributed by atoms with Crippen LogP contribution in [-0.2, 0) is 25.7 Å². The number of carbonyl (C=O) groups is 2. The van der Waals surface area contributed by atoms with E-state index in [4.69, 9.17) is 15.2 Å². The molecule has 7 heteroatoms. The van der Waals surface area contributed by atoms with Gasteiger partial charge in [-0.2, -0.15) is 0 Å². The molecule has 1 radical (unpaired) electrons. The first-order chi connectivity index (χ1) is 11.7. The van der Waals surface area contributed by atoms with Gasteiger partial charge in [0.15, 0.2) is 0 Å². The van der Waals surface area contributed by atoms with Crippen LogP contribution in [0.25, 0.3) is 0 Å². The summed E-state index contributed by atoms with van der Waals surface area (Å²) in [5, 5.41) is 2.78. The van der Waals surface area contributed by atoms with Gasteiger partial charge in [0.05, 0.1) is 32.8 Å². The van der Waals surface area contributed by atoms with Crippen LogP contribution < -0.4 is 11.1 Å². The lowest BCUT2D eigenvalue weighted by molar-refractivity contribution is -0.129. The van der Waals surface area contributed by atoms with Gasteiger partial charge < -0.3 is 20.5 Å². The number of rotatable bonds is 9. The highest BCUT2D eigenvalue weighted by molar-refractivity contribution is 5.84. The molecule has 2 amide bonds. The number of amides is 2. The van der Waals surface area contributed by atoms with Crippen LogP contribution in [0, 0.1) is 6.42 Å². The maximum atomic E-state index is 11.7. The Bertz CT molecular complexity index is 524. The van der Waals surface area contributed by atoms with Crippen molar-refractivity contribution in [2.75, 3.05) is 39.5 Å². The van der Waals surface area contributed by atoms with Crippen molar-refractivity contribution in [1.29, 1.82) is 0 Å². The van der Waals surface area contributed by atoms with Gasteiger partial charge in [-0.05, 0) is 5.56 Å². The Balaban J connectivity index is 1.57. The van der Waals surface area contributed by atoms with Crippen molar-refractivity contribution in [3.05, 3.63) is 42.3 Å². The Morgan fingerprint density at radius 3 is 2.92 bits per heavy atom. The Hall–Kier alpha value is -1.96. The number of nitrogens with one attached hydrogen (secondary N) is 1. The molecule has 24 heavy (non-hydrogen) atoms. The average Bonchev–Trinajstić information content (AvgIpc) is 2.60. The number of nitrogens with two attached hydrogens (primary N) is 1. The summed E-state index contributed by atoms with van der Waals surface area (Å²) in [5.74, 6) is -0.589. The number of morpholine rings is 1. The summed E-state index contributed by atoms with van der Waals surface area (Å²) in [5.41, 5.74) is 6.41. The largest absolute Gasteiger partial charge is 0.378 e. The van der Waals surface area contributed by atoms with Crippen LogP contribution in [0.15, 0.2) is 30.3 Å². The van der Waals surface area contributed by atoms with Crippen molar-refractivity contribution < 1.29 is 19.1 Å². The molecule has 1 unspecified atom stereocenters. The van der Waals surface area contributed by atoms with Crippen LogP contribution in [0.3, 0.4) is 0 Å². The quantitative estimate of drug-likeness (QED) is 0.605. The lowest BCUT2D eigenvalue weighted by Gasteiger charge is -2.33. The van der Waals surface area contributed by atoms with E-state index in [9.17, 15) is 9.59 Å². The molecule has 1 aromatic rings. The molecule has 1 fully saturated rings. The lowest BCUT2D eigenvalue weighted by atomic mass is 10.2. The Morgan fingerprint density at radius 2 is 2.17 bits per heavy atom. The fraction of sp³-hybridized carbons (Fsp3) is 0.471. The second-order valence-corrected chi connectivity index (χ2v) is 5.52. The molecule has 1 saturated heterocycles. The molecule has 131 valence electrons. The first-order valence-electron chi connectivity index (χ1n) is 8.00. The first-order valence-corrected chi connectivity index (χ1v) is 8.00. The van der Waals surface area contributed by atoms with Crippen molar-refractivity contribution in [2.45, 2.75) is 12.6 Å². The number of hydrogen-bond acceptors (Lipinski definition) is 5. The van der Waals surface area contributed by atoms with Gasteiger partial charge >= 0.3 is 0 Å². The molecule has 0 aromatic heterocycles. The van der Waals surface area contributed by atoms with E-state index >= 15 is 0 Å². The van der Waals surface area contributed by atoms with Gasteiger partial charge in [0.25, 0.3) is 0 Å². The number of ether oxygens (including phenoxy) is 2. The summed E-state index contributed by atoms with van der Waals surface area (Å²) in [6.07, 6.45) is 1.47. The zero-order valence-electron chi connectivity index (χ0n) is 13.6. The summed E-state index contributed by atoms with van der Waals surface area (Å²) in [6, 6.07) is 9.35. The Kier molecular flexibility index (Phi) is 7.67. The standard InChI is InChI=1S/C17H24N3O4/c18-17(22)15-13-24-11-9-20(15)8-7-19-16(21)6-10-23-12-14-4-2-1-3-5-14/h1-6,15H,7-13H2,(H2,18,22)(H,19,21). The molecule has 1 aliphatic heterocycles. The number of nitrogens with zero attached hydrogens (tertiary/aromatic N) is 1. The second-order valence-electron chi connectivity index (χ2n) is 5.52. The topological polar surface area (TPSA) is 93.9 Å². The summed E-state index contributed by atoms with van der Waals surface area (Å²) in [7, 11) is 0. The highest BCUT2D eigenvalue weighted by atomic mass is 16.5. The third kappa shape index (κ3) is 6.27. The molecule has 1 atom stereocenters. The molecule has 7 nitrogen and oxygen atoms in total. The van der Waals surface area contributed by atoms with E-state index in [0.717, 1.165) is 5.56 Å². The molecular formula is C17H24N3O4. The third-order valence-corrected chi connectivity index (χ3v) is 3.76. The minimum absolute atomic E-state index is 0.188. The molecule has 0 aliphatic carbocycles. The van der Waals surface area contributed by atoms with Crippen LogP contribution in [0.2, 0.25) is 0 Å². The first kappa shape index (κ1) is 18.4. The number of benzene rings is 1. The molecule has 0 spiro atoms. The molecule has 3 N–H and O–H groups in total. The number of hydrogen-bond donors (Lipinski definition) is 2. The summed E-state index contributed by atoms with van der Waals surface area (Å²) < 4.78 is 10.7. The van der Waals surface area contributed by atoms with Crippen molar-refractivity contribution in [3.8, 4) is 0 Å². The molecule has 1 aliphatic rings. The normalized spacial score (nSPS) is 18.2. The molecule has 1 aromatic carbocycles. The van der Waals surface area contributed by atoms with Crippen molar-refractivity contribution in [1.82, 2.24) is 10.2 Å². The number of carbonyl (C=O) groups excluding carboxylic acids is 2. The van der Waals surface area contributed by atoms with Gasteiger partial charge in [0, 0.05) is 19.6 Å². The van der Waals surface area contributed by atoms with Crippen LogP contribution in [0.1, 0.15) is 5.56 Å². The second kappa shape index (κ2) is 10.0. The third-order valence-electron chi connectivity index (χ3n) is 3.76. The Morgan fingerprint density at radius 1 is 1.38 bits per heavy atom. The number of primary amides is 1. The monoisotopic (exact) mass is 334 g/mol. The maximum absolute atomic E-state index is 11.7. The average molecular weight is 334 g/mol. The van der Waals surface area contributed by atoms with Gasteiger partial charge in [-0.15, -0.1) is 0 Å². The summed E-state index contributed by atoms with van der Waals surface area (Å²) in [4.78, 5) is 25.0. The van der Waals surface area contributed by atoms with Crippen LogP contribution in [0.5, 0.6) is 0 Å². The van der Waals surface area contributed by atoms with Crippen LogP contribution in [-0.4, -0.2) is 62.2 Å². The minimum atomic E-state index is -0.422. The predicted molar refractivity (Wildman–Crippen MR) is 88.8 cm³/mol. The van der Waals surface area contributed by atoms with Crippen LogP contribution in [0.4, 0.5) is 0 Å². The summed E-state index contributed by atoms with van der Waals surface area (Å²) >= 11 is 0. The van der Waals surface area contributed by atoms with Gasteiger partial charge in [-0.1, -0.05) is 30.3 Å². The smallest absolute Gasteiger partial charge is 0.237 e. The Labute approximate surface area is 142 Å². The van der Waals surface area contributed by atoms with Gasteiger partial charge in [-0.3, -0.25) is 14.5 Å². The zero-order chi connectivity index (χ0) is 17.2. The van der Waals surface area contributed by atoms with E-state index in [1.54, 1.807) is 0 Å². The fourth-order valence-corrected chi connectivity index (χ4v) is 2.45. The van der Waals surface area contributed by atoms with Gasteiger partial charge in [-0.25, -0.2) is 0 Å². The SMILES string of the molecule is NC(=O)C1COCCN1CCNC(=O)[CH]COCc1ccccc1. The van der Waals surface area contributed by atoms with E-state index in [1.165, 1.54) is 6.42 Å². The maximum Gasteiger partial charge on any atom is 0.237 e. The van der Waals surface area contributed by atoms with E-state index < -0.39 is 11.9 Å². The molecule has 0 bridgehead atoms. The predicted octanol–water partition coefficient (Wildman–Crippen LogP) is -0.290. The highest BCUT2D eigenvalue weighted by Gasteiger charge is 2.27. The lowest BCUT2D eigenvalue weighted by Crippen LogP contribution is -2.54. The zero-order valence-corrected chi connectivity index (χ0v) is 13.6. The van der Waals surface area contributed by atoms with Crippen LogP contribution >= 0.6 is 0 Å². The highest BCUT2D eigenvalue weighted by Crippen LogP contribution is 2.05. The van der Waals surface area contributed by atoms with Crippen molar-refractivity contribution >= 4 is 11.8 Å². The van der Waals surface area contributed by atoms with E-state index in [2.05, 4.69) is 5.32 Å². The van der Waals surface area contributed by atoms with E-state index in [1.807, 2.05) is 35.2 Å². The van der Waals surface area contributed by atoms with E-state index in [-0.39, 0.29) is 12.5 Å². The molecule has 1 heterocycles. The molecule has 0 saturated carbocycles. The molecule has 2 rings (SSSR count). The summed E-state index contributed by atoms with van der Waals surface area (Å²) in [6.45, 7) is 3.23.